The van der Waals surface area contributed by atoms with Gasteiger partial charge in [0.1, 0.15) is 0 Å². The topological polar surface area (TPSA) is 66.9 Å². The molecule has 0 bridgehead atoms. The van der Waals surface area contributed by atoms with Crippen molar-refractivity contribution in [3.63, 3.8) is 0 Å². The largest absolute Gasteiger partial charge is 0.356 e. The number of hydrogen-bond donors (Lipinski definition) is 2. The minimum absolute atomic E-state index is 0.0345. The van der Waals surface area contributed by atoms with Crippen LogP contribution in [0.3, 0.4) is 0 Å². The van der Waals surface area contributed by atoms with Gasteiger partial charge in [0.25, 0.3) is 5.56 Å². The number of fused-ring (bicyclic) bond motifs is 1. The number of nitrogens with zero attached hydrogens (tertiary/aromatic N) is 1. The summed E-state index contributed by atoms with van der Waals surface area (Å²) in [6, 6.07) is 14.8. The minimum Gasteiger partial charge on any atom is -0.356 e. The monoisotopic (exact) mass is 401 g/mol. The van der Waals surface area contributed by atoms with Crippen molar-refractivity contribution >= 4 is 40.6 Å². The van der Waals surface area contributed by atoms with Crippen LogP contribution >= 0.6 is 23.8 Å². The molecule has 1 heterocycles. The summed E-state index contributed by atoms with van der Waals surface area (Å²) in [7, 11) is 0. The Bertz CT molecular complexity index is 1060. The zero-order chi connectivity index (χ0) is 19.2. The lowest BCUT2D eigenvalue weighted by Crippen LogP contribution is -2.27. The molecule has 5 nitrogen and oxygen atoms in total. The number of para-hydroxylation sites is 1. The van der Waals surface area contributed by atoms with Crippen molar-refractivity contribution in [1.29, 1.82) is 0 Å². The SMILES string of the molecule is O=C(CCCn1c(=S)[nH]c2ccccc2c1=O)NCCc1ccc(Cl)cc1. The Labute approximate surface area is 167 Å². The van der Waals surface area contributed by atoms with Crippen molar-refractivity contribution in [3.05, 3.63) is 74.2 Å². The number of nitrogens with one attached hydrogen (secondary N) is 2. The van der Waals surface area contributed by atoms with Crippen LogP contribution in [0.15, 0.2) is 53.3 Å². The van der Waals surface area contributed by atoms with Gasteiger partial charge in [-0.15, -0.1) is 0 Å². The van der Waals surface area contributed by atoms with Crippen LogP contribution in [0.1, 0.15) is 18.4 Å². The highest BCUT2D eigenvalue weighted by Gasteiger charge is 2.07. The maximum absolute atomic E-state index is 12.5. The summed E-state index contributed by atoms with van der Waals surface area (Å²) in [6.45, 7) is 0.972. The van der Waals surface area contributed by atoms with Crippen molar-refractivity contribution in [2.24, 2.45) is 0 Å². The quantitative estimate of drug-likeness (QED) is 0.591. The van der Waals surface area contributed by atoms with Gasteiger partial charge in [0, 0.05) is 24.5 Å². The lowest BCUT2D eigenvalue weighted by atomic mass is 10.1. The summed E-state index contributed by atoms with van der Waals surface area (Å²) in [5.74, 6) is -0.0345. The van der Waals surface area contributed by atoms with Crippen molar-refractivity contribution < 1.29 is 4.79 Å². The molecule has 140 valence electrons. The molecule has 1 aromatic heterocycles. The van der Waals surface area contributed by atoms with Gasteiger partial charge in [0.15, 0.2) is 4.77 Å². The molecule has 0 aliphatic heterocycles. The molecule has 2 N–H and O–H groups in total. The number of rotatable bonds is 7. The summed E-state index contributed by atoms with van der Waals surface area (Å²) < 4.78 is 1.89. The minimum atomic E-state index is -0.127. The maximum Gasteiger partial charge on any atom is 0.262 e. The molecule has 0 spiro atoms. The van der Waals surface area contributed by atoms with Gasteiger partial charge in [-0.05, 0) is 54.9 Å². The van der Waals surface area contributed by atoms with E-state index in [1.165, 1.54) is 4.57 Å². The standard InChI is InChI=1S/C20H20ClN3O2S/c21-15-9-7-14(8-10-15)11-12-22-18(25)6-3-13-24-19(26)16-4-1-2-5-17(16)23-20(24)27/h1-2,4-5,7-10H,3,6,11-13H2,(H,22,25)(H,23,27). The van der Waals surface area contributed by atoms with Gasteiger partial charge in [-0.2, -0.15) is 0 Å². The summed E-state index contributed by atoms with van der Waals surface area (Å²) >= 11 is 11.1. The van der Waals surface area contributed by atoms with Crippen molar-refractivity contribution in [2.45, 2.75) is 25.8 Å². The zero-order valence-corrected chi connectivity index (χ0v) is 16.3. The number of carbonyl (C=O) groups is 1. The predicted molar refractivity (Wildman–Crippen MR) is 111 cm³/mol. The van der Waals surface area contributed by atoms with Crippen LogP contribution < -0.4 is 10.9 Å². The van der Waals surface area contributed by atoms with E-state index in [2.05, 4.69) is 10.3 Å². The number of halogens is 1. The van der Waals surface area contributed by atoms with Crippen LogP contribution in [0.2, 0.25) is 5.02 Å². The van der Waals surface area contributed by atoms with Gasteiger partial charge in [-0.3, -0.25) is 14.2 Å². The smallest absolute Gasteiger partial charge is 0.262 e. The van der Waals surface area contributed by atoms with Crippen LogP contribution in [-0.2, 0) is 17.8 Å². The molecule has 0 saturated heterocycles. The number of amides is 1. The van der Waals surface area contributed by atoms with E-state index in [0.29, 0.717) is 41.1 Å². The first kappa shape index (κ1) is 19.3. The third-order valence-electron chi connectivity index (χ3n) is 4.32. The molecule has 0 aliphatic rings. The highest BCUT2D eigenvalue weighted by Crippen LogP contribution is 2.09. The second-order valence-electron chi connectivity index (χ2n) is 6.26. The molecule has 2 aromatic carbocycles. The molecule has 3 aromatic rings. The van der Waals surface area contributed by atoms with Gasteiger partial charge in [0.05, 0.1) is 10.9 Å². The highest BCUT2D eigenvalue weighted by molar-refractivity contribution is 7.71. The molecule has 3 rings (SSSR count). The first-order chi connectivity index (χ1) is 13.0. The van der Waals surface area contributed by atoms with Gasteiger partial charge < -0.3 is 10.3 Å². The van der Waals surface area contributed by atoms with E-state index in [-0.39, 0.29) is 11.5 Å². The van der Waals surface area contributed by atoms with Crippen molar-refractivity contribution in [1.82, 2.24) is 14.9 Å². The van der Waals surface area contributed by atoms with Crippen molar-refractivity contribution in [3.8, 4) is 0 Å². The van der Waals surface area contributed by atoms with Crippen molar-refractivity contribution in [2.75, 3.05) is 6.54 Å². The van der Waals surface area contributed by atoms with Crippen LogP contribution in [0.5, 0.6) is 0 Å². The first-order valence-corrected chi connectivity index (χ1v) is 9.56. The predicted octanol–water partition coefficient (Wildman–Crippen LogP) is 3.85. The average molecular weight is 402 g/mol. The van der Waals surface area contributed by atoms with Crippen LogP contribution in [0.25, 0.3) is 10.9 Å². The zero-order valence-electron chi connectivity index (χ0n) is 14.7. The second kappa shape index (κ2) is 8.97. The lowest BCUT2D eigenvalue weighted by Gasteiger charge is -2.09. The molecular weight excluding hydrogens is 382 g/mol. The number of hydrogen-bond acceptors (Lipinski definition) is 3. The Kier molecular flexibility index (Phi) is 6.42. The van der Waals surface area contributed by atoms with E-state index in [0.717, 1.165) is 17.5 Å². The normalized spacial score (nSPS) is 10.9. The highest BCUT2D eigenvalue weighted by atomic mass is 35.5. The summed E-state index contributed by atoms with van der Waals surface area (Å²) in [5, 5.41) is 4.19. The fraction of sp³-hybridized carbons (Fsp3) is 0.250. The van der Waals surface area contributed by atoms with Crippen LogP contribution in [0, 0.1) is 4.77 Å². The Morgan fingerprint density at radius 3 is 2.67 bits per heavy atom. The van der Waals surface area contributed by atoms with Gasteiger partial charge >= 0.3 is 0 Å². The Balaban J connectivity index is 1.50. The molecule has 27 heavy (non-hydrogen) atoms. The number of benzene rings is 2. The van der Waals surface area contributed by atoms with E-state index in [1.807, 2.05) is 42.5 Å². The Morgan fingerprint density at radius 1 is 1.15 bits per heavy atom. The molecular formula is C20H20ClN3O2S. The fourth-order valence-corrected chi connectivity index (χ4v) is 3.30. The number of aromatic amines is 1. The number of carbonyl (C=O) groups excluding carboxylic acids is 1. The van der Waals surface area contributed by atoms with Gasteiger partial charge in [-0.1, -0.05) is 35.9 Å². The average Bonchev–Trinajstić information content (AvgIpc) is 2.66. The van der Waals surface area contributed by atoms with E-state index in [1.54, 1.807) is 6.07 Å². The van der Waals surface area contributed by atoms with E-state index >= 15 is 0 Å². The van der Waals surface area contributed by atoms with Gasteiger partial charge in [-0.25, -0.2) is 0 Å². The molecule has 1 amide bonds. The molecule has 0 atom stereocenters. The number of H-pyrrole nitrogens is 1. The number of aromatic nitrogens is 2. The Hall–Kier alpha value is -2.44. The molecule has 0 saturated carbocycles. The Morgan fingerprint density at radius 2 is 1.89 bits per heavy atom. The van der Waals surface area contributed by atoms with E-state index in [9.17, 15) is 9.59 Å². The molecule has 7 heteroatoms. The summed E-state index contributed by atoms with van der Waals surface area (Å²) in [4.78, 5) is 27.6. The van der Waals surface area contributed by atoms with Crippen LogP contribution in [-0.4, -0.2) is 22.0 Å². The summed E-state index contributed by atoms with van der Waals surface area (Å²) in [5.41, 5.74) is 1.72. The first-order valence-electron chi connectivity index (χ1n) is 8.77. The van der Waals surface area contributed by atoms with Gasteiger partial charge in [0.2, 0.25) is 5.91 Å². The van der Waals surface area contributed by atoms with E-state index in [4.69, 9.17) is 23.8 Å². The summed E-state index contributed by atoms with van der Waals surface area (Å²) in [6.07, 6.45) is 1.63. The lowest BCUT2D eigenvalue weighted by molar-refractivity contribution is -0.121. The molecule has 0 fully saturated rings. The third-order valence-corrected chi connectivity index (χ3v) is 4.90. The van der Waals surface area contributed by atoms with E-state index < -0.39 is 0 Å². The third kappa shape index (κ3) is 5.05. The van der Waals surface area contributed by atoms with Crippen LogP contribution in [0.4, 0.5) is 0 Å². The molecule has 0 radical (unpaired) electrons. The fourth-order valence-electron chi connectivity index (χ4n) is 2.89. The maximum atomic E-state index is 12.5. The molecule has 0 aliphatic carbocycles. The molecule has 0 unspecified atom stereocenters. The second-order valence-corrected chi connectivity index (χ2v) is 7.09.